The van der Waals surface area contributed by atoms with Crippen LogP contribution in [-0.4, -0.2) is 61.7 Å². The molecule has 2 heterocycles. The molecule has 7 nitrogen and oxygen atoms in total. The van der Waals surface area contributed by atoms with Gasteiger partial charge in [0, 0.05) is 43.0 Å². The van der Waals surface area contributed by atoms with Gasteiger partial charge in [0.1, 0.15) is 11.9 Å². The quantitative estimate of drug-likeness (QED) is 0.334. The van der Waals surface area contributed by atoms with Crippen LogP contribution in [0.4, 0.5) is 17.6 Å². The third-order valence-electron chi connectivity index (χ3n) is 8.14. The first-order chi connectivity index (χ1) is 19.8. The lowest BCUT2D eigenvalue weighted by Gasteiger charge is -2.38. The Morgan fingerprint density at radius 2 is 1.74 bits per heavy atom. The lowest BCUT2D eigenvalue weighted by Crippen LogP contribution is -2.59. The van der Waals surface area contributed by atoms with E-state index in [0.29, 0.717) is 52.9 Å². The number of rotatable bonds is 6. The number of fused-ring (bicyclic) bond motifs is 1. The molecule has 2 fully saturated rings. The molecule has 1 saturated carbocycles. The maximum absolute atomic E-state index is 13.6. The van der Waals surface area contributed by atoms with Gasteiger partial charge < -0.3 is 14.8 Å². The van der Waals surface area contributed by atoms with Crippen molar-refractivity contribution in [3.63, 3.8) is 0 Å². The van der Waals surface area contributed by atoms with Crippen molar-refractivity contribution in [2.45, 2.75) is 68.7 Å². The summed E-state index contributed by atoms with van der Waals surface area (Å²) in [5.41, 5.74) is 1.99. The summed E-state index contributed by atoms with van der Waals surface area (Å²) in [4.78, 5) is 14.3. The Balaban J connectivity index is 1.30. The molecule has 0 spiro atoms. The molecule has 1 aliphatic carbocycles. The number of sulfonamides is 1. The van der Waals surface area contributed by atoms with Crippen molar-refractivity contribution in [1.82, 2.24) is 19.5 Å². The molecular formula is C29H33ClF4N4O3S. The number of nitrogens with zero attached hydrogens (tertiary/aromatic N) is 2. The number of piperazine rings is 1. The molecule has 0 radical (unpaired) electrons. The first-order valence-electron chi connectivity index (χ1n) is 14.0. The molecule has 13 heteroatoms. The normalized spacial score (nSPS) is 22.2. The van der Waals surface area contributed by atoms with E-state index in [2.05, 4.69) is 10.0 Å². The second-order valence-corrected chi connectivity index (χ2v) is 13.4. The predicted molar refractivity (Wildman–Crippen MR) is 153 cm³/mol. The lowest BCUT2D eigenvalue weighted by molar-refractivity contribution is -0.169. The summed E-state index contributed by atoms with van der Waals surface area (Å²) in [6.45, 7) is 3.78. The van der Waals surface area contributed by atoms with Crippen molar-refractivity contribution in [3.8, 4) is 11.3 Å². The molecule has 2 aliphatic rings. The molecule has 2 aromatic carbocycles. The van der Waals surface area contributed by atoms with Crippen molar-refractivity contribution < 1.29 is 30.8 Å². The van der Waals surface area contributed by atoms with Crippen LogP contribution >= 0.6 is 11.6 Å². The zero-order valence-electron chi connectivity index (χ0n) is 23.2. The third-order valence-corrected chi connectivity index (χ3v) is 10.0. The first kappa shape index (κ1) is 30.8. The Morgan fingerprint density at radius 3 is 2.36 bits per heavy atom. The Labute approximate surface area is 247 Å². The fourth-order valence-corrected chi connectivity index (χ4v) is 7.69. The number of nitrogens with one attached hydrogen (secondary N) is 2. The molecule has 5 rings (SSSR count). The molecule has 3 aromatic rings. The fourth-order valence-electron chi connectivity index (χ4n) is 6.00. The highest BCUT2D eigenvalue weighted by Crippen LogP contribution is 2.40. The van der Waals surface area contributed by atoms with Crippen LogP contribution in [0.2, 0.25) is 5.02 Å². The maximum atomic E-state index is 13.6. The minimum Gasteiger partial charge on any atom is -0.339 e. The van der Waals surface area contributed by atoms with Gasteiger partial charge >= 0.3 is 6.18 Å². The molecule has 2 N–H and O–H groups in total. The average Bonchev–Trinajstić information content (AvgIpc) is 3.25. The van der Waals surface area contributed by atoms with E-state index in [1.165, 1.54) is 23.1 Å². The highest BCUT2D eigenvalue weighted by atomic mass is 35.5. The minimum atomic E-state index is -4.43. The highest BCUT2D eigenvalue weighted by Gasteiger charge is 2.44. The molecule has 42 heavy (non-hydrogen) atoms. The number of benzene rings is 2. The van der Waals surface area contributed by atoms with Crippen LogP contribution in [0, 0.1) is 11.7 Å². The van der Waals surface area contributed by atoms with Gasteiger partial charge in [-0.1, -0.05) is 11.6 Å². The number of carbonyl (C=O) groups excluding carboxylic acids is 1. The SMILES string of the molecule is CC(C)n1c(-c2ccc(F)cc2)c(Cl)c2ccc(S(=O)(=O)NC3CCC(C(=O)N4CCNC(C(F)(F)F)C4)CC3)cc21. The number of hydrogen-bond acceptors (Lipinski definition) is 4. The zero-order chi connectivity index (χ0) is 30.4. The smallest absolute Gasteiger partial charge is 0.339 e. The second-order valence-electron chi connectivity index (χ2n) is 11.3. The molecule has 1 saturated heterocycles. The van der Waals surface area contributed by atoms with Crippen molar-refractivity contribution >= 4 is 38.4 Å². The van der Waals surface area contributed by atoms with Crippen LogP contribution in [0.1, 0.15) is 45.6 Å². The summed E-state index contributed by atoms with van der Waals surface area (Å²) < 4.78 is 84.6. The zero-order valence-corrected chi connectivity index (χ0v) is 24.8. The van der Waals surface area contributed by atoms with Gasteiger partial charge in [-0.15, -0.1) is 0 Å². The maximum Gasteiger partial charge on any atom is 0.405 e. The minimum absolute atomic E-state index is 0.0638. The number of halogens is 5. The van der Waals surface area contributed by atoms with Crippen LogP contribution in [0.25, 0.3) is 22.2 Å². The van der Waals surface area contributed by atoms with Crippen LogP contribution in [0.15, 0.2) is 47.4 Å². The number of aromatic nitrogens is 1. The van der Waals surface area contributed by atoms with E-state index in [9.17, 15) is 30.8 Å². The number of amides is 1. The lowest BCUT2D eigenvalue weighted by atomic mass is 9.85. The van der Waals surface area contributed by atoms with E-state index < -0.39 is 40.7 Å². The van der Waals surface area contributed by atoms with E-state index in [1.54, 1.807) is 24.3 Å². The Hall–Kier alpha value is -2.67. The van der Waals surface area contributed by atoms with Gasteiger partial charge in [0.2, 0.25) is 15.9 Å². The molecule has 1 atom stereocenters. The van der Waals surface area contributed by atoms with E-state index in [-0.39, 0.29) is 35.8 Å². The van der Waals surface area contributed by atoms with E-state index in [0.717, 1.165) is 0 Å². The van der Waals surface area contributed by atoms with Crippen LogP contribution in [0.5, 0.6) is 0 Å². The summed E-state index contributed by atoms with van der Waals surface area (Å²) >= 11 is 6.76. The second kappa shape index (κ2) is 11.8. The number of hydrogen-bond donors (Lipinski definition) is 2. The van der Waals surface area contributed by atoms with Crippen molar-refractivity contribution in [1.29, 1.82) is 0 Å². The van der Waals surface area contributed by atoms with Crippen LogP contribution < -0.4 is 10.0 Å². The van der Waals surface area contributed by atoms with E-state index >= 15 is 0 Å². The molecule has 1 unspecified atom stereocenters. The summed E-state index contributed by atoms with van der Waals surface area (Å²) in [6, 6.07) is 8.45. The molecule has 1 aromatic heterocycles. The van der Waals surface area contributed by atoms with Crippen molar-refractivity contribution in [3.05, 3.63) is 53.3 Å². The summed E-state index contributed by atoms with van der Waals surface area (Å²) in [6.07, 6.45) is -2.86. The van der Waals surface area contributed by atoms with E-state index in [1.807, 2.05) is 18.4 Å². The predicted octanol–water partition coefficient (Wildman–Crippen LogP) is 5.88. The third kappa shape index (κ3) is 6.17. The summed E-state index contributed by atoms with van der Waals surface area (Å²) in [5, 5.41) is 3.52. The standard InChI is InChI=1S/C29H33ClF4N4O3S/c1-17(2)38-24-15-22(11-12-23(24)26(30)27(38)18-3-7-20(31)8-4-18)42(40,41)36-21-9-5-19(6-10-21)28(39)37-14-13-35-25(16-37)29(32,33)34/h3-4,7-8,11-12,15,17,19,21,25,35-36H,5-6,9-10,13-14,16H2,1-2H3. The van der Waals surface area contributed by atoms with Gasteiger partial charge in [-0.3, -0.25) is 4.79 Å². The Morgan fingerprint density at radius 1 is 1.07 bits per heavy atom. The first-order valence-corrected chi connectivity index (χ1v) is 15.8. The highest BCUT2D eigenvalue weighted by molar-refractivity contribution is 7.89. The Bertz CT molecular complexity index is 1570. The van der Waals surface area contributed by atoms with Gasteiger partial charge in [0.25, 0.3) is 0 Å². The molecule has 228 valence electrons. The number of carbonyl (C=O) groups is 1. The van der Waals surface area contributed by atoms with Crippen molar-refractivity contribution in [2.24, 2.45) is 5.92 Å². The van der Waals surface area contributed by atoms with Gasteiger partial charge in [0.15, 0.2) is 0 Å². The Kier molecular flexibility index (Phi) is 8.63. The molecule has 1 amide bonds. The monoisotopic (exact) mass is 628 g/mol. The topological polar surface area (TPSA) is 83.4 Å². The average molecular weight is 629 g/mol. The van der Waals surface area contributed by atoms with Crippen molar-refractivity contribution in [2.75, 3.05) is 19.6 Å². The van der Waals surface area contributed by atoms with Gasteiger partial charge in [-0.05, 0) is 87.6 Å². The van der Waals surface area contributed by atoms with Gasteiger partial charge in [-0.25, -0.2) is 17.5 Å². The van der Waals surface area contributed by atoms with E-state index in [4.69, 9.17) is 11.6 Å². The van der Waals surface area contributed by atoms with Crippen LogP contribution in [-0.2, 0) is 14.8 Å². The summed E-state index contributed by atoms with van der Waals surface area (Å²) in [5.74, 6) is -1.12. The molecular weight excluding hydrogens is 596 g/mol. The summed E-state index contributed by atoms with van der Waals surface area (Å²) in [7, 11) is -3.93. The van der Waals surface area contributed by atoms with Gasteiger partial charge in [-0.2, -0.15) is 13.2 Å². The molecule has 0 bridgehead atoms. The number of alkyl halides is 3. The fraction of sp³-hybridized carbons (Fsp3) is 0.483. The molecule has 1 aliphatic heterocycles. The largest absolute Gasteiger partial charge is 0.405 e. The van der Waals surface area contributed by atoms with Crippen LogP contribution in [0.3, 0.4) is 0 Å². The van der Waals surface area contributed by atoms with Gasteiger partial charge in [0.05, 0.1) is 21.1 Å².